The number of carbonyl (C=O) groups excluding carboxylic acids is 1. The highest BCUT2D eigenvalue weighted by Gasteiger charge is 2.11. The van der Waals surface area contributed by atoms with Gasteiger partial charge in [-0.15, -0.1) is 12.8 Å². The quantitative estimate of drug-likeness (QED) is 0.639. The predicted octanol–water partition coefficient (Wildman–Crippen LogP) is 0.336. The van der Waals surface area contributed by atoms with E-state index < -0.39 is 5.97 Å². The van der Waals surface area contributed by atoms with Crippen LogP contribution in [0.15, 0.2) is 0 Å². The fourth-order valence-electron chi connectivity index (χ4n) is 1.00. The van der Waals surface area contributed by atoms with E-state index in [4.69, 9.17) is 18.0 Å². The topological polar surface area (TPSA) is 57.6 Å². The van der Waals surface area contributed by atoms with Gasteiger partial charge in [-0.2, -0.15) is 0 Å². The van der Waals surface area contributed by atoms with Crippen molar-refractivity contribution >= 4 is 11.9 Å². The van der Waals surface area contributed by atoms with E-state index in [-0.39, 0.29) is 31.8 Å². The van der Waals surface area contributed by atoms with E-state index in [1.165, 1.54) is 4.90 Å². The Kier molecular flexibility index (Phi) is 6.50. The molecule has 0 aromatic heterocycles. The molecular formula is C11H13NO3. The Labute approximate surface area is 89.3 Å². The summed E-state index contributed by atoms with van der Waals surface area (Å²) in [7, 11) is 0. The predicted molar refractivity (Wildman–Crippen MR) is 55.7 cm³/mol. The number of amides is 1. The van der Waals surface area contributed by atoms with Crippen LogP contribution in [0.4, 0.5) is 0 Å². The summed E-state index contributed by atoms with van der Waals surface area (Å²) < 4.78 is 0. The van der Waals surface area contributed by atoms with Crippen LogP contribution in [-0.4, -0.2) is 35.0 Å². The molecule has 4 nitrogen and oxygen atoms in total. The van der Waals surface area contributed by atoms with Crippen molar-refractivity contribution in [3.63, 3.8) is 0 Å². The summed E-state index contributed by atoms with van der Waals surface area (Å²) in [6.45, 7) is 0.326. The van der Waals surface area contributed by atoms with Crippen molar-refractivity contribution < 1.29 is 14.7 Å². The van der Waals surface area contributed by atoms with Gasteiger partial charge in [0.05, 0.1) is 13.1 Å². The zero-order valence-electron chi connectivity index (χ0n) is 8.40. The number of nitrogens with zero attached hydrogens (tertiary/aromatic N) is 1. The first-order valence-electron chi connectivity index (χ1n) is 4.48. The molecule has 0 heterocycles. The number of terminal acetylenes is 2. The third-order valence-electron chi connectivity index (χ3n) is 1.70. The lowest BCUT2D eigenvalue weighted by atomic mass is 10.2. The van der Waals surface area contributed by atoms with Crippen LogP contribution in [-0.2, 0) is 9.59 Å². The van der Waals surface area contributed by atoms with Crippen molar-refractivity contribution in [2.24, 2.45) is 0 Å². The second-order valence-electron chi connectivity index (χ2n) is 2.91. The van der Waals surface area contributed by atoms with Crippen LogP contribution in [0.1, 0.15) is 19.3 Å². The second kappa shape index (κ2) is 7.46. The maximum Gasteiger partial charge on any atom is 0.303 e. The Morgan fingerprint density at radius 3 is 2.07 bits per heavy atom. The SMILES string of the molecule is C#CCN(CC#C)C(=O)CCCC(=O)O. The van der Waals surface area contributed by atoms with Crippen molar-refractivity contribution in [2.75, 3.05) is 13.1 Å². The van der Waals surface area contributed by atoms with Gasteiger partial charge >= 0.3 is 5.97 Å². The Hall–Kier alpha value is -1.94. The van der Waals surface area contributed by atoms with Crippen molar-refractivity contribution in [1.82, 2.24) is 4.90 Å². The summed E-state index contributed by atoms with van der Waals surface area (Å²) in [6.07, 6.45) is 10.6. The number of carboxylic acids is 1. The molecule has 0 aliphatic carbocycles. The van der Waals surface area contributed by atoms with E-state index in [0.29, 0.717) is 6.42 Å². The molecule has 80 valence electrons. The zero-order valence-corrected chi connectivity index (χ0v) is 8.40. The number of aliphatic carboxylic acids is 1. The van der Waals surface area contributed by atoms with Gasteiger partial charge in [0, 0.05) is 12.8 Å². The fraction of sp³-hybridized carbons (Fsp3) is 0.455. The molecule has 0 bridgehead atoms. The molecule has 0 aromatic carbocycles. The molecule has 1 N–H and O–H groups in total. The maximum atomic E-state index is 11.4. The van der Waals surface area contributed by atoms with Crippen LogP contribution in [0.5, 0.6) is 0 Å². The van der Waals surface area contributed by atoms with Crippen LogP contribution in [0.2, 0.25) is 0 Å². The standard InChI is InChI=1S/C11H13NO3/c1-3-8-12(9-4-2)10(13)6-5-7-11(14)15/h1-2H,5-9H2,(H,14,15). The molecule has 15 heavy (non-hydrogen) atoms. The third kappa shape index (κ3) is 6.17. The minimum Gasteiger partial charge on any atom is -0.481 e. The largest absolute Gasteiger partial charge is 0.481 e. The third-order valence-corrected chi connectivity index (χ3v) is 1.70. The summed E-state index contributed by atoms with van der Waals surface area (Å²) in [4.78, 5) is 23.0. The molecule has 0 aliphatic rings. The minimum absolute atomic E-state index is 0.0221. The highest BCUT2D eigenvalue weighted by atomic mass is 16.4. The molecule has 0 aliphatic heterocycles. The number of carboxylic acid groups (broad SMARTS) is 1. The van der Waals surface area contributed by atoms with E-state index in [0.717, 1.165) is 0 Å². The van der Waals surface area contributed by atoms with Crippen LogP contribution >= 0.6 is 0 Å². The summed E-state index contributed by atoms with van der Waals surface area (Å²) in [5.74, 6) is 3.54. The van der Waals surface area contributed by atoms with Gasteiger partial charge in [-0.25, -0.2) is 0 Å². The van der Waals surface area contributed by atoms with E-state index >= 15 is 0 Å². The molecular weight excluding hydrogens is 194 g/mol. The zero-order chi connectivity index (χ0) is 11.7. The van der Waals surface area contributed by atoms with E-state index in [1.54, 1.807) is 0 Å². The second-order valence-corrected chi connectivity index (χ2v) is 2.91. The van der Waals surface area contributed by atoms with E-state index in [1.807, 2.05) is 0 Å². The normalized spacial score (nSPS) is 8.67. The molecule has 0 radical (unpaired) electrons. The smallest absolute Gasteiger partial charge is 0.303 e. The Morgan fingerprint density at radius 1 is 1.13 bits per heavy atom. The highest BCUT2D eigenvalue weighted by Crippen LogP contribution is 2.00. The molecule has 0 aromatic rings. The number of carbonyl (C=O) groups is 2. The van der Waals surface area contributed by atoms with Crippen molar-refractivity contribution in [2.45, 2.75) is 19.3 Å². The van der Waals surface area contributed by atoms with Crippen LogP contribution in [0.25, 0.3) is 0 Å². The number of hydrogen-bond donors (Lipinski definition) is 1. The van der Waals surface area contributed by atoms with Crippen LogP contribution < -0.4 is 0 Å². The van der Waals surface area contributed by atoms with Gasteiger partial charge in [0.2, 0.25) is 5.91 Å². The Morgan fingerprint density at radius 2 is 1.67 bits per heavy atom. The Balaban J connectivity index is 3.99. The van der Waals surface area contributed by atoms with E-state index in [2.05, 4.69) is 11.8 Å². The molecule has 0 atom stereocenters. The summed E-state index contributed by atoms with van der Waals surface area (Å²) >= 11 is 0. The lowest BCUT2D eigenvalue weighted by molar-refractivity contribution is -0.137. The minimum atomic E-state index is -0.914. The number of hydrogen-bond acceptors (Lipinski definition) is 2. The van der Waals surface area contributed by atoms with Crippen molar-refractivity contribution in [3.05, 3.63) is 0 Å². The van der Waals surface area contributed by atoms with Crippen molar-refractivity contribution in [3.8, 4) is 24.7 Å². The molecule has 1 amide bonds. The molecule has 0 spiro atoms. The van der Waals surface area contributed by atoms with Gasteiger partial charge in [0.25, 0.3) is 0 Å². The molecule has 0 rings (SSSR count). The van der Waals surface area contributed by atoms with Gasteiger partial charge in [-0.1, -0.05) is 11.8 Å². The summed E-state index contributed by atoms with van der Waals surface area (Å²) in [6, 6.07) is 0. The first-order chi connectivity index (χ1) is 7.11. The van der Waals surface area contributed by atoms with Gasteiger partial charge in [-0.05, 0) is 6.42 Å². The average Bonchev–Trinajstić information content (AvgIpc) is 2.16. The average molecular weight is 207 g/mol. The monoisotopic (exact) mass is 207 g/mol. The van der Waals surface area contributed by atoms with Crippen LogP contribution in [0.3, 0.4) is 0 Å². The first-order valence-corrected chi connectivity index (χ1v) is 4.48. The van der Waals surface area contributed by atoms with Gasteiger partial charge in [-0.3, -0.25) is 9.59 Å². The van der Waals surface area contributed by atoms with Gasteiger partial charge in [0.1, 0.15) is 0 Å². The summed E-state index contributed by atoms with van der Waals surface area (Å²) in [5.41, 5.74) is 0. The first kappa shape index (κ1) is 13.1. The van der Waals surface area contributed by atoms with Crippen LogP contribution in [0, 0.1) is 24.7 Å². The number of rotatable bonds is 6. The van der Waals surface area contributed by atoms with Crippen molar-refractivity contribution in [1.29, 1.82) is 0 Å². The molecule has 0 unspecified atom stereocenters. The van der Waals surface area contributed by atoms with Gasteiger partial charge in [0.15, 0.2) is 0 Å². The molecule has 4 heteroatoms. The molecule has 0 fully saturated rings. The van der Waals surface area contributed by atoms with E-state index in [9.17, 15) is 9.59 Å². The maximum absolute atomic E-state index is 11.4. The lowest BCUT2D eigenvalue weighted by Crippen LogP contribution is -2.31. The summed E-state index contributed by atoms with van der Waals surface area (Å²) in [5, 5.41) is 8.38. The Bertz CT molecular complexity index is 293. The highest BCUT2D eigenvalue weighted by molar-refractivity contribution is 5.77. The molecule has 0 saturated heterocycles. The van der Waals surface area contributed by atoms with Gasteiger partial charge < -0.3 is 10.0 Å². The fourth-order valence-corrected chi connectivity index (χ4v) is 1.00. The molecule has 0 saturated carbocycles. The lowest BCUT2D eigenvalue weighted by Gasteiger charge is -2.16.